The maximum absolute atomic E-state index is 13.3. The van der Waals surface area contributed by atoms with Crippen LogP contribution in [0.1, 0.15) is 18.9 Å². The van der Waals surface area contributed by atoms with Crippen LogP contribution in [0.15, 0.2) is 18.2 Å². The quantitative estimate of drug-likeness (QED) is 0.457. The number of hydrogen-bond acceptors (Lipinski definition) is 3. The maximum atomic E-state index is 13.3. The van der Waals surface area contributed by atoms with Gasteiger partial charge in [0.25, 0.3) is 0 Å². The molecule has 0 saturated carbocycles. The number of nitrogens with two attached hydrogens (primary N) is 1. The van der Waals surface area contributed by atoms with Gasteiger partial charge in [-0.15, -0.1) is 0 Å². The first-order valence-electron chi connectivity index (χ1n) is 5.65. The maximum Gasteiger partial charge on any atom is 0.142 e. The van der Waals surface area contributed by atoms with E-state index >= 15 is 0 Å². The van der Waals surface area contributed by atoms with Crippen LogP contribution >= 0.6 is 23.4 Å². The average molecular weight is 277 g/mol. The lowest BCUT2D eigenvalue weighted by molar-refractivity contribution is 0.570. The van der Waals surface area contributed by atoms with E-state index in [4.69, 9.17) is 17.4 Å². The van der Waals surface area contributed by atoms with Gasteiger partial charge in [-0.05, 0) is 36.3 Å². The summed E-state index contributed by atoms with van der Waals surface area (Å²) in [6.45, 7) is 2.15. The van der Waals surface area contributed by atoms with E-state index in [2.05, 4.69) is 12.3 Å². The minimum absolute atomic E-state index is 0.159. The lowest BCUT2D eigenvalue weighted by Crippen LogP contribution is -2.38. The second-order valence-electron chi connectivity index (χ2n) is 3.89. The monoisotopic (exact) mass is 276 g/mol. The van der Waals surface area contributed by atoms with Crippen LogP contribution in [0.3, 0.4) is 0 Å². The Morgan fingerprint density at radius 1 is 1.53 bits per heavy atom. The number of halogens is 2. The highest BCUT2D eigenvalue weighted by atomic mass is 35.5. The Kier molecular flexibility index (Phi) is 6.89. The van der Waals surface area contributed by atoms with Crippen molar-refractivity contribution in [1.82, 2.24) is 5.43 Å². The number of hydrazine groups is 1. The third-order valence-corrected chi connectivity index (χ3v) is 4.01. The Bertz CT molecular complexity index is 349. The summed E-state index contributed by atoms with van der Waals surface area (Å²) < 4.78 is 13.3. The third kappa shape index (κ3) is 5.25. The van der Waals surface area contributed by atoms with Crippen LogP contribution < -0.4 is 11.3 Å². The van der Waals surface area contributed by atoms with Gasteiger partial charge in [0.15, 0.2) is 0 Å². The van der Waals surface area contributed by atoms with Gasteiger partial charge in [0, 0.05) is 11.8 Å². The van der Waals surface area contributed by atoms with Crippen molar-refractivity contribution in [1.29, 1.82) is 0 Å². The largest absolute Gasteiger partial charge is 0.271 e. The summed E-state index contributed by atoms with van der Waals surface area (Å²) >= 11 is 7.48. The number of benzene rings is 1. The van der Waals surface area contributed by atoms with E-state index in [0.29, 0.717) is 6.42 Å². The van der Waals surface area contributed by atoms with E-state index in [1.165, 1.54) is 6.07 Å². The molecule has 0 bridgehead atoms. The highest BCUT2D eigenvalue weighted by Crippen LogP contribution is 2.17. The zero-order valence-corrected chi connectivity index (χ0v) is 11.5. The summed E-state index contributed by atoms with van der Waals surface area (Å²) in [7, 11) is 0. The molecule has 1 aromatic carbocycles. The second kappa shape index (κ2) is 7.93. The van der Waals surface area contributed by atoms with Crippen molar-refractivity contribution in [3.05, 3.63) is 34.6 Å². The summed E-state index contributed by atoms with van der Waals surface area (Å²) in [6, 6.07) is 5.04. The van der Waals surface area contributed by atoms with E-state index in [9.17, 15) is 4.39 Å². The molecule has 0 heterocycles. The fourth-order valence-electron chi connectivity index (χ4n) is 1.49. The van der Waals surface area contributed by atoms with E-state index in [-0.39, 0.29) is 16.9 Å². The number of rotatable bonds is 7. The number of nitrogens with one attached hydrogen (secondary N) is 1. The highest BCUT2D eigenvalue weighted by molar-refractivity contribution is 7.99. The zero-order chi connectivity index (χ0) is 12.7. The van der Waals surface area contributed by atoms with E-state index < -0.39 is 0 Å². The summed E-state index contributed by atoms with van der Waals surface area (Å²) in [5.74, 6) is 7.16. The van der Waals surface area contributed by atoms with Crippen LogP contribution in [0, 0.1) is 5.82 Å². The normalized spacial score (nSPS) is 12.7. The van der Waals surface area contributed by atoms with Crippen molar-refractivity contribution in [2.75, 3.05) is 11.5 Å². The van der Waals surface area contributed by atoms with E-state index in [0.717, 1.165) is 23.5 Å². The molecule has 0 fully saturated rings. The average Bonchev–Trinajstić information content (AvgIpc) is 2.32. The number of thioether (sulfide) groups is 1. The van der Waals surface area contributed by atoms with E-state index in [1.54, 1.807) is 6.07 Å². The van der Waals surface area contributed by atoms with Crippen LogP contribution in [0.25, 0.3) is 0 Å². The smallest absolute Gasteiger partial charge is 0.142 e. The SMILES string of the molecule is CCCSCC(Cc1ccc(Cl)c(F)c1)NN. The van der Waals surface area contributed by atoms with Crippen LogP contribution in [0.5, 0.6) is 0 Å². The van der Waals surface area contributed by atoms with Crippen molar-refractivity contribution < 1.29 is 4.39 Å². The molecule has 1 aromatic rings. The molecule has 0 aliphatic carbocycles. The standard InChI is InChI=1S/C12H18ClFN2S/c1-2-5-17-8-10(16-15)6-9-3-4-11(13)12(14)7-9/h3-4,7,10,16H,2,5-6,8,15H2,1H3. The molecule has 1 unspecified atom stereocenters. The molecule has 5 heteroatoms. The predicted molar refractivity (Wildman–Crippen MR) is 73.8 cm³/mol. The summed E-state index contributed by atoms with van der Waals surface area (Å²) in [5, 5.41) is 0.159. The molecule has 0 aliphatic rings. The molecule has 3 N–H and O–H groups in total. The molecule has 2 nitrogen and oxygen atoms in total. The molecule has 0 spiro atoms. The van der Waals surface area contributed by atoms with Crippen molar-refractivity contribution in [2.45, 2.75) is 25.8 Å². The van der Waals surface area contributed by atoms with Crippen molar-refractivity contribution in [3.63, 3.8) is 0 Å². The third-order valence-electron chi connectivity index (χ3n) is 2.37. The Morgan fingerprint density at radius 3 is 2.88 bits per heavy atom. The second-order valence-corrected chi connectivity index (χ2v) is 5.45. The fraction of sp³-hybridized carbons (Fsp3) is 0.500. The molecular formula is C12H18ClFN2S. The first kappa shape index (κ1) is 14.8. The molecule has 0 radical (unpaired) electrons. The van der Waals surface area contributed by atoms with Crippen LogP contribution in [0.2, 0.25) is 5.02 Å². The van der Waals surface area contributed by atoms with Crippen molar-refractivity contribution >= 4 is 23.4 Å². The minimum Gasteiger partial charge on any atom is -0.271 e. The van der Waals surface area contributed by atoms with Gasteiger partial charge in [-0.2, -0.15) is 11.8 Å². The molecule has 1 atom stereocenters. The Hall–Kier alpha value is -0.290. The molecular weight excluding hydrogens is 259 g/mol. The van der Waals surface area contributed by atoms with Gasteiger partial charge < -0.3 is 0 Å². The first-order valence-corrected chi connectivity index (χ1v) is 7.18. The highest BCUT2D eigenvalue weighted by Gasteiger charge is 2.09. The predicted octanol–water partition coefficient (Wildman–Crippen LogP) is 3.00. The number of hydrogen-bond donors (Lipinski definition) is 2. The lowest BCUT2D eigenvalue weighted by atomic mass is 10.1. The van der Waals surface area contributed by atoms with Crippen LogP contribution in [-0.2, 0) is 6.42 Å². The van der Waals surface area contributed by atoms with Gasteiger partial charge >= 0.3 is 0 Å². The molecule has 96 valence electrons. The zero-order valence-electron chi connectivity index (χ0n) is 9.88. The van der Waals surface area contributed by atoms with Crippen molar-refractivity contribution in [2.24, 2.45) is 5.84 Å². The minimum atomic E-state index is -0.374. The molecule has 0 saturated heterocycles. The topological polar surface area (TPSA) is 38.0 Å². The van der Waals surface area contributed by atoms with Gasteiger partial charge in [-0.1, -0.05) is 24.6 Å². The Morgan fingerprint density at radius 2 is 2.29 bits per heavy atom. The molecule has 1 rings (SSSR count). The summed E-state index contributed by atoms with van der Waals surface area (Å²) in [5.41, 5.74) is 3.68. The summed E-state index contributed by atoms with van der Waals surface area (Å²) in [6.07, 6.45) is 1.86. The molecule has 0 amide bonds. The van der Waals surface area contributed by atoms with Crippen molar-refractivity contribution in [3.8, 4) is 0 Å². The van der Waals surface area contributed by atoms with Gasteiger partial charge in [-0.3, -0.25) is 11.3 Å². The Balaban J connectivity index is 2.51. The lowest BCUT2D eigenvalue weighted by Gasteiger charge is -2.15. The van der Waals surface area contributed by atoms with E-state index in [1.807, 2.05) is 17.8 Å². The molecule has 0 aliphatic heterocycles. The molecule has 0 aromatic heterocycles. The summed E-state index contributed by atoms with van der Waals surface area (Å²) in [4.78, 5) is 0. The fourth-order valence-corrected chi connectivity index (χ4v) is 2.56. The first-order chi connectivity index (χ1) is 8.17. The van der Waals surface area contributed by atoms with Crippen LogP contribution in [-0.4, -0.2) is 17.5 Å². The van der Waals surface area contributed by atoms with Gasteiger partial charge in [0.1, 0.15) is 5.82 Å². The Labute approximate surface area is 111 Å². The van der Waals surface area contributed by atoms with Gasteiger partial charge in [-0.25, -0.2) is 4.39 Å². The van der Waals surface area contributed by atoms with Crippen LogP contribution in [0.4, 0.5) is 4.39 Å². The van der Waals surface area contributed by atoms with Gasteiger partial charge in [0.05, 0.1) is 5.02 Å². The molecule has 17 heavy (non-hydrogen) atoms. The van der Waals surface area contributed by atoms with Gasteiger partial charge in [0.2, 0.25) is 0 Å².